The average molecular weight is 374 g/mol. The standard InChI is InChI=1S/C16H15ClF3N3O2/c1-25-7-6-21-11-4-5-22-14(9-11)15(24)23-13-8-10(16(18,19)20)2-3-12(13)17/h2-5,8-9H,6-7H2,1H3,(H,21,22)(H,23,24). The van der Waals surface area contributed by atoms with Gasteiger partial charge in [0.1, 0.15) is 5.69 Å². The molecule has 1 aromatic heterocycles. The summed E-state index contributed by atoms with van der Waals surface area (Å²) >= 11 is 5.86. The van der Waals surface area contributed by atoms with Gasteiger partial charge in [-0.2, -0.15) is 13.2 Å². The molecule has 134 valence electrons. The minimum absolute atomic E-state index is 0.00396. The van der Waals surface area contributed by atoms with Crippen molar-refractivity contribution in [2.24, 2.45) is 0 Å². The number of aromatic nitrogens is 1. The molecule has 1 amide bonds. The maximum Gasteiger partial charge on any atom is 0.416 e. The van der Waals surface area contributed by atoms with E-state index in [0.29, 0.717) is 18.8 Å². The zero-order valence-electron chi connectivity index (χ0n) is 13.2. The van der Waals surface area contributed by atoms with Crippen LogP contribution in [0.4, 0.5) is 24.5 Å². The minimum atomic E-state index is -4.53. The molecule has 0 spiro atoms. The predicted octanol–water partition coefficient (Wildman–Crippen LogP) is 4.06. The summed E-state index contributed by atoms with van der Waals surface area (Å²) in [5, 5.41) is 5.37. The van der Waals surface area contributed by atoms with Gasteiger partial charge in [0.25, 0.3) is 5.91 Å². The van der Waals surface area contributed by atoms with Crippen molar-refractivity contribution in [2.45, 2.75) is 6.18 Å². The molecule has 25 heavy (non-hydrogen) atoms. The number of halogens is 4. The number of rotatable bonds is 6. The minimum Gasteiger partial charge on any atom is -0.383 e. The molecule has 0 fully saturated rings. The zero-order valence-corrected chi connectivity index (χ0v) is 13.9. The van der Waals surface area contributed by atoms with Crippen molar-refractivity contribution < 1.29 is 22.7 Å². The van der Waals surface area contributed by atoms with Crippen LogP contribution in [0.2, 0.25) is 5.02 Å². The first kappa shape index (κ1) is 19.0. The van der Waals surface area contributed by atoms with Crippen molar-refractivity contribution in [3.63, 3.8) is 0 Å². The maximum absolute atomic E-state index is 12.8. The molecule has 0 aliphatic carbocycles. The van der Waals surface area contributed by atoms with E-state index >= 15 is 0 Å². The Morgan fingerprint density at radius 3 is 2.72 bits per heavy atom. The molecule has 0 atom stereocenters. The number of hydrogen-bond acceptors (Lipinski definition) is 4. The summed E-state index contributed by atoms with van der Waals surface area (Å²) in [6.45, 7) is 1.00. The van der Waals surface area contributed by atoms with Crippen molar-refractivity contribution in [3.05, 3.63) is 52.8 Å². The predicted molar refractivity (Wildman–Crippen MR) is 89.0 cm³/mol. The third-order valence-electron chi connectivity index (χ3n) is 3.17. The molecule has 2 N–H and O–H groups in total. The molecule has 0 saturated carbocycles. The van der Waals surface area contributed by atoms with Crippen molar-refractivity contribution in [1.29, 1.82) is 0 Å². The van der Waals surface area contributed by atoms with Gasteiger partial charge < -0.3 is 15.4 Å². The van der Waals surface area contributed by atoms with Gasteiger partial charge >= 0.3 is 6.18 Å². The van der Waals surface area contributed by atoms with Crippen molar-refractivity contribution in [1.82, 2.24) is 4.98 Å². The quantitative estimate of drug-likeness (QED) is 0.749. The number of benzene rings is 1. The van der Waals surface area contributed by atoms with E-state index in [2.05, 4.69) is 15.6 Å². The summed E-state index contributed by atoms with van der Waals surface area (Å²) in [6, 6.07) is 5.84. The second-order valence-electron chi connectivity index (χ2n) is 5.00. The fourth-order valence-corrected chi connectivity index (χ4v) is 2.11. The van der Waals surface area contributed by atoms with Crippen molar-refractivity contribution >= 4 is 28.9 Å². The number of carbonyl (C=O) groups excluding carboxylic acids is 1. The molecule has 0 aliphatic rings. The van der Waals surface area contributed by atoms with E-state index in [1.165, 1.54) is 12.3 Å². The Labute approximate surface area is 147 Å². The molecule has 5 nitrogen and oxygen atoms in total. The molecular formula is C16H15ClF3N3O2. The van der Waals surface area contributed by atoms with Crippen LogP contribution >= 0.6 is 11.6 Å². The molecule has 2 aromatic rings. The first-order valence-corrected chi connectivity index (χ1v) is 7.56. The molecule has 0 radical (unpaired) electrons. The molecule has 2 rings (SSSR count). The molecule has 0 aliphatic heterocycles. The summed E-state index contributed by atoms with van der Waals surface area (Å²) in [7, 11) is 1.56. The van der Waals surface area contributed by atoms with Crippen LogP contribution in [-0.2, 0) is 10.9 Å². The Hall–Kier alpha value is -2.32. The van der Waals surface area contributed by atoms with Crippen LogP contribution in [0.15, 0.2) is 36.5 Å². The van der Waals surface area contributed by atoms with Crippen LogP contribution < -0.4 is 10.6 Å². The van der Waals surface area contributed by atoms with E-state index in [4.69, 9.17) is 16.3 Å². The van der Waals surface area contributed by atoms with Crippen LogP contribution in [0.25, 0.3) is 0 Å². The Morgan fingerprint density at radius 2 is 2.04 bits per heavy atom. The average Bonchev–Trinajstić information content (AvgIpc) is 2.56. The zero-order chi connectivity index (χ0) is 18.4. The van der Waals surface area contributed by atoms with Gasteiger partial charge in [0, 0.05) is 25.5 Å². The summed E-state index contributed by atoms with van der Waals surface area (Å²) in [4.78, 5) is 16.2. The van der Waals surface area contributed by atoms with Gasteiger partial charge in [-0.05, 0) is 30.3 Å². The second kappa shape index (κ2) is 8.17. The molecule has 0 unspecified atom stereocenters. The van der Waals surface area contributed by atoms with Crippen LogP contribution in [0.5, 0.6) is 0 Å². The number of pyridine rings is 1. The van der Waals surface area contributed by atoms with Gasteiger partial charge in [0.05, 0.1) is 22.9 Å². The molecule has 0 bridgehead atoms. The molecule has 1 aromatic carbocycles. The van der Waals surface area contributed by atoms with Gasteiger partial charge in [-0.3, -0.25) is 9.78 Å². The van der Waals surface area contributed by atoms with Crippen molar-refractivity contribution in [2.75, 3.05) is 30.9 Å². The summed E-state index contributed by atoms with van der Waals surface area (Å²) < 4.78 is 43.2. The first-order chi connectivity index (χ1) is 11.8. The number of amides is 1. The lowest BCUT2D eigenvalue weighted by Crippen LogP contribution is -2.16. The number of nitrogens with one attached hydrogen (secondary N) is 2. The highest BCUT2D eigenvalue weighted by atomic mass is 35.5. The normalized spacial score (nSPS) is 11.2. The van der Waals surface area contributed by atoms with Crippen LogP contribution in [0.3, 0.4) is 0 Å². The number of nitrogens with zero attached hydrogens (tertiary/aromatic N) is 1. The third kappa shape index (κ3) is 5.33. The van der Waals surface area contributed by atoms with E-state index in [1.807, 2.05) is 0 Å². The lowest BCUT2D eigenvalue weighted by atomic mass is 10.2. The highest BCUT2D eigenvalue weighted by molar-refractivity contribution is 6.33. The Kier molecular flexibility index (Phi) is 6.22. The largest absolute Gasteiger partial charge is 0.416 e. The smallest absolute Gasteiger partial charge is 0.383 e. The van der Waals surface area contributed by atoms with E-state index in [0.717, 1.165) is 18.2 Å². The monoisotopic (exact) mass is 373 g/mol. The van der Waals surface area contributed by atoms with E-state index in [9.17, 15) is 18.0 Å². The number of methoxy groups -OCH3 is 1. The molecule has 0 saturated heterocycles. The molecule has 1 heterocycles. The summed E-state index contributed by atoms with van der Waals surface area (Å²) in [5.74, 6) is -0.670. The number of ether oxygens (including phenoxy) is 1. The van der Waals surface area contributed by atoms with E-state index in [-0.39, 0.29) is 16.4 Å². The number of alkyl halides is 3. The Balaban J connectivity index is 2.16. The van der Waals surface area contributed by atoms with Gasteiger partial charge in [-0.1, -0.05) is 11.6 Å². The van der Waals surface area contributed by atoms with Gasteiger partial charge in [-0.25, -0.2) is 0 Å². The van der Waals surface area contributed by atoms with E-state index < -0.39 is 17.6 Å². The summed E-state index contributed by atoms with van der Waals surface area (Å²) in [5.41, 5.74) is -0.376. The highest BCUT2D eigenvalue weighted by Gasteiger charge is 2.31. The van der Waals surface area contributed by atoms with Crippen molar-refractivity contribution in [3.8, 4) is 0 Å². The molecular weight excluding hydrogens is 359 g/mol. The topological polar surface area (TPSA) is 63.2 Å². The lowest BCUT2D eigenvalue weighted by Gasteiger charge is -2.12. The first-order valence-electron chi connectivity index (χ1n) is 7.18. The van der Waals surface area contributed by atoms with Gasteiger partial charge in [-0.15, -0.1) is 0 Å². The number of hydrogen-bond donors (Lipinski definition) is 2. The van der Waals surface area contributed by atoms with Crippen LogP contribution in [-0.4, -0.2) is 31.2 Å². The van der Waals surface area contributed by atoms with E-state index in [1.54, 1.807) is 13.2 Å². The van der Waals surface area contributed by atoms with Gasteiger partial charge in [0.2, 0.25) is 0 Å². The maximum atomic E-state index is 12.8. The molecule has 9 heteroatoms. The van der Waals surface area contributed by atoms with Crippen LogP contribution in [0.1, 0.15) is 16.1 Å². The fraction of sp³-hybridized carbons (Fsp3) is 0.250. The fourth-order valence-electron chi connectivity index (χ4n) is 1.95. The highest BCUT2D eigenvalue weighted by Crippen LogP contribution is 2.33. The number of carbonyl (C=O) groups is 1. The summed E-state index contributed by atoms with van der Waals surface area (Å²) in [6.07, 6.45) is -3.12. The third-order valence-corrected chi connectivity index (χ3v) is 3.50. The second-order valence-corrected chi connectivity index (χ2v) is 5.40. The Bertz CT molecular complexity index is 754. The number of anilines is 2. The van der Waals surface area contributed by atoms with Gasteiger partial charge in [0.15, 0.2) is 0 Å². The SMILES string of the molecule is COCCNc1ccnc(C(=O)Nc2cc(C(F)(F)F)ccc2Cl)c1. The Morgan fingerprint density at radius 1 is 1.28 bits per heavy atom. The van der Waals surface area contributed by atoms with Crippen LogP contribution in [0, 0.1) is 0 Å². The lowest BCUT2D eigenvalue weighted by molar-refractivity contribution is -0.137.